The first-order valence-electron chi connectivity index (χ1n) is 5.97. The predicted octanol–water partition coefficient (Wildman–Crippen LogP) is 2.59. The zero-order chi connectivity index (χ0) is 14.4. The Balaban J connectivity index is 1.93. The van der Waals surface area contributed by atoms with Crippen molar-refractivity contribution in [3.8, 4) is 5.75 Å². The summed E-state index contributed by atoms with van der Waals surface area (Å²) >= 11 is 6.31. The predicted molar refractivity (Wildman–Crippen MR) is 85.4 cm³/mol. The van der Waals surface area contributed by atoms with Crippen LogP contribution in [0.1, 0.15) is 4.88 Å². The van der Waals surface area contributed by atoms with E-state index in [4.69, 9.17) is 22.7 Å². The number of carbonyl (C=O) groups excluding carboxylic acids is 1. The molecule has 0 aliphatic rings. The maximum atomic E-state index is 11.9. The molecule has 3 N–H and O–H groups in total. The number of hydrogen-bond acceptors (Lipinski definition) is 4. The fraction of sp³-hybridized carbons (Fsp3) is 0.143. The lowest BCUT2D eigenvalue weighted by atomic mass is 10.2. The molecule has 0 saturated carbocycles. The zero-order valence-corrected chi connectivity index (χ0v) is 12.3. The van der Waals surface area contributed by atoms with Gasteiger partial charge in [0.1, 0.15) is 17.3 Å². The van der Waals surface area contributed by atoms with Gasteiger partial charge in [-0.05, 0) is 23.6 Å². The van der Waals surface area contributed by atoms with Gasteiger partial charge in [-0.25, -0.2) is 0 Å². The first kappa shape index (κ1) is 14.5. The summed E-state index contributed by atoms with van der Waals surface area (Å²) in [5, 5.41) is 4.78. The third-order valence-electron chi connectivity index (χ3n) is 2.41. The van der Waals surface area contributed by atoms with Crippen LogP contribution in [-0.4, -0.2) is 17.5 Å². The van der Waals surface area contributed by atoms with Gasteiger partial charge in [0.25, 0.3) is 0 Å². The van der Waals surface area contributed by atoms with Crippen molar-refractivity contribution in [3.05, 3.63) is 46.7 Å². The van der Waals surface area contributed by atoms with Crippen LogP contribution in [0.4, 0.5) is 5.69 Å². The number of hydrogen-bond donors (Lipinski definition) is 2. The molecule has 1 heterocycles. The zero-order valence-electron chi connectivity index (χ0n) is 10.7. The van der Waals surface area contributed by atoms with Crippen molar-refractivity contribution in [2.45, 2.75) is 6.42 Å². The number of benzene rings is 1. The van der Waals surface area contributed by atoms with Crippen LogP contribution in [0.3, 0.4) is 0 Å². The summed E-state index contributed by atoms with van der Waals surface area (Å²) in [6.07, 6.45) is 0.371. The summed E-state index contributed by atoms with van der Waals surface area (Å²) in [4.78, 5) is 13.2. The van der Waals surface area contributed by atoms with Crippen LogP contribution in [0.25, 0.3) is 0 Å². The summed E-state index contributed by atoms with van der Waals surface area (Å²) in [7, 11) is 0. The second-order valence-corrected chi connectivity index (χ2v) is 5.64. The summed E-state index contributed by atoms with van der Waals surface area (Å²) < 4.78 is 5.38. The van der Waals surface area contributed by atoms with E-state index in [9.17, 15) is 4.79 Å². The van der Waals surface area contributed by atoms with Crippen LogP contribution >= 0.6 is 23.6 Å². The van der Waals surface area contributed by atoms with Crippen LogP contribution in [0.2, 0.25) is 0 Å². The Bertz CT molecular complexity index is 597. The fourth-order valence-corrected chi connectivity index (χ4v) is 2.36. The molecule has 0 spiro atoms. The third kappa shape index (κ3) is 4.64. The number of nitrogens with two attached hydrogens (primary N) is 1. The average molecular weight is 306 g/mol. The van der Waals surface area contributed by atoms with Crippen molar-refractivity contribution in [1.82, 2.24) is 0 Å². The van der Waals surface area contributed by atoms with Gasteiger partial charge in [-0.1, -0.05) is 24.4 Å². The molecule has 1 aromatic heterocycles. The average Bonchev–Trinajstić information content (AvgIpc) is 2.89. The highest BCUT2D eigenvalue weighted by molar-refractivity contribution is 7.80. The molecule has 4 nitrogen and oxygen atoms in total. The Labute approximate surface area is 126 Å². The van der Waals surface area contributed by atoms with Gasteiger partial charge in [0.15, 0.2) is 0 Å². The van der Waals surface area contributed by atoms with E-state index in [1.54, 1.807) is 35.6 Å². The van der Waals surface area contributed by atoms with Crippen LogP contribution in [0.15, 0.2) is 41.8 Å². The molecule has 0 bridgehead atoms. The molecule has 0 unspecified atom stereocenters. The Morgan fingerprint density at radius 1 is 1.35 bits per heavy atom. The maximum absolute atomic E-state index is 11.9. The Hall–Kier alpha value is -1.92. The standard InChI is InChI=1S/C14H14N2O2S2/c15-13(19)9-18-11-4-1-3-10(7-11)16-14(17)8-12-5-2-6-20-12/h1-7H,8-9H2,(H2,15,19)(H,16,17). The Kier molecular flexibility index (Phi) is 5.09. The molecule has 0 aliphatic heterocycles. The lowest BCUT2D eigenvalue weighted by Gasteiger charge is -2.08. The topological polar surface area (TPSA) is 64.3 Å². The number of carbonyl (C=O) groups is 1. The second kappa shape index (κ2) is 7.02. The van der Waals surface area contributed by atoms with Gasteiger partial charge in [0, 0.05) is 16.6 Å². The molecule has 1 aromatic carbocycles. The van der Waals surface area contributed by atoms with Gasteiger partial charge in [-0.3, -0.25) is 4.79 Å². The van der Waals surface area contributed by atoms with Gasteiger partial charge in [-0.2, -0.15) is 0 Å². The lowest BCUT2D eigenvalue weighted by molar-refractivity contribution is -0.115. The maximum Gasteiger partial charge on any atom is 0.229 e. The highest BCUT2D eigenvalue weighted by Gasteiger charge is 2.05. The van der Waals surface area contributed by atoms with Gasteiger partial charge in [0.2, 0.25) is 5.91 Å². The van der Waals surface area contributed by atoms with E-state index in [2.05, 4.69) is 5.32 Å². The van der Waals surface area contributed by atoms with Crippen molar-refractivity contribution >= 4 is 40.1 Å². The van der Waals surface area contributed by atoms with Crippen molar-refractivity contribution in [2.24, 2.45) is 5.73 Å². The van der Waals surface area contributed by atoms with Gasteiger partial charge >= 0.3 is 0 Å². The highest BCUT2D eigenvalue weighted by Crippen LogP contribution is 2.18. The number of rotatable bonds is 6. The van der Waals surface area contributed by atoms with Crippen molar-refractivity contribution < 1.29 is 9.53 Å². The summed E-state index contributed by atoms with van der Waals surface area (Å²) in [6, 6.07) is 11.0. The Morgan fingerprint density at radius 3 is 2.90 bits per heavy atom. The van der Waals surface area contributed by atoms with Gasteiger partial charge in [-0.15, -0.1) is 11.3 Å². The summed E-state index contributed by atoms with van der Waals surface area (Å²) in [5.41, 5.74) is 6.06. The van der Waals surface area contributed by atoms with E-state index in [0.29, 0.717) is 17.9 Å². The molecule has 0 saturated heterocycles. The van der Waals surface area contributed by atoms with Crippen LogP contribution in [0.5, 0.6) is 5.75 Å². The van der Waals surface area contributed by atoms with E-state index >= 15 is 0 Å². The first-order valence-corrected chi connectivity index (χ1v) is 7.25. The van der Waals surface area contributed by atoms with E-state index in [-0.39, 0.29) is 17.5 Å². The first-order chi connectivity index (χ1) is 9.63. The van der Waals surface area contributed by atoms with Crippen molar-refractivity contribution in [3.63, 3.8) is 0 Å². The van der Waals surface area contributed by atoms with E-state index in [1.165, 1.54) is 0 Å². The van der Waals surface area contributed by atoms with Gasteiger partial charge in [0.05, 0.1) is 6.42 Å². The number of nitrogens with one attached hydrogen (secondary N) is 1. The second-order valence-electron chi connectivity index (χ2n) is 4.09. The summed E-state index contributed by atoms with van der Waals surface area (Å²) in [5.74, 6) is 0.561. The molecule has 0 fully saturated rings. The third-order valence-corrected chi connectivity index (χ3v) is 3.41. The molecule has 6 heteroatoms. The lowest BCUT2D eigenvalue weighted by Crippen LogP contribution is -2.18. The number of thiocarbonyl (C=S) groups is 1. The summed E-state index contributed by atoms with van der Waals surface area (Å²) in [6.45, 7) is 0.182. The van der Waals surface area contributed by atoms with Crippen molar-refractivity contribution in [1.29, 1.82) is 0 Å². The number of thiophene rings is 1. The molecule has 0 aliphatic carbocycles. The smallest absolute Gasteiger partial charge is 0.229 e. The molecule has 2 rings (SSSR count). The largest absolute Gasteiger partial charge is 0.486 e. The van der Waals surface area contributed by atoms with E-state index in [0.717, 1.165) is 4.88 Å². The minimum Gasteiger partial charge on any atom is -0.486 e. The molecule has 1 amide bonds. The minimum absolute atomic E-state index is 0.0565. The van der Waals surface area contributed by atoms with Gasteiger partial charge < -0.3 is 15.8 Å². The fourth-order valence-electron chi connectivity index (χ4n) is 1.59. The monoisotopic (exact) mass is 306 g/mol. The molecule has 2 aromatic rings. The molecular formula is C14H14N2O2S2. The molecule has 0 radical (unpaired) electrons. The molecule has 20 heavy (non-hydrogen) atoms. The minimum atomic E-state index is -0.0565. The molecular weight excluding hydrogens is 292 g/mol. The molecule has 0 atom stereocenters. The van der Waals surface area contributed by atoms with Crippen LogP contribution in [-0.2, 0) is 11.2 Å². The number of amides is 1. The number of ether oxygens (including phenoxy) is 1. The number of anilines is 1. The van der Waals surface area contributed by atoms with E-state index < -0.39 is 0 Å². The SMILES string of the molecule is NC(=S)COc1cccc(NC(=O)Cc2cccs2)c1. The van der Waals surface area contributed by atoms with Crippen LogP contribution in [0, 0.1) is 0 Å². The quantitative estimate of drug-likeness (QED) is 0.805. The normalized spacial score (nSPS) is 10.0. The Morgan fingerprint density at radius 2 is 2.20 bits per heavy atom. The van der Waals surface area contributed by atoms with E-state index in [1.807, 2.05) is 17.5 Å². The molecule has 104 valence electrons. The van der Waals surface area contributed by atoms with Crippen molar-refractivity contribution in [2.75, 3.05) is 11.9 Å². The highest BCUT2D eigenvalue weighted by atomic mass is 32.1. The van der Waals surface area contributed by atoms with Crippen LogP contribution < -0.4 is 15.8 Å².